The lowest BCUT2D eigenvalue weighted by Gasteiger charge is -2.21. The van der Waals surface area contributed by atoms with E-state index in [9.17, 15) is 4.79 Å². The van der Waals surface area contributed by atoms with Gasteiger partial charge in [0.25, 0.3) is 0 Å². The zero-order valence-electron chi connectivity index (χ0n) is 13.0. The number of ether oxygens (including phenoxy) is 1. The first-order valence-electron chi connectivity index (χ1n) is 7.45. The maximum atomic E-state index is 12.0. The van der Waals surface area contributed by atoms with Gasteiger partial charge in [0.1, 0.15) is 5.75 Å². The Kier molecular flexibility index (Phi) is 5.55. The minimum atomic E-state index is -0.547. The number of benzene rings is 2. The lowest BCUT2D eigenvalue weighted by Crippen LogP contribution is -2.40. The zero-order chi connectivity index (χ0) is 15.9. The first kappa shape index (κ1) is 16.0. The molecule has 0 aliphatic carbocycles. The molecule has 0 heterocycles. The average Bonchev–Trinajstić information content (AvgIpc) is 2.54. The van der Waals surface area contributed by atoms with Crippen LogP contribution in [0.15, 0.2) is 54.6 Å². The summed E-state index contributed by atoms with van der Waals surface area (Å²) in [7, 11) is 0. The Morgan fingerprint density at radius 3 is 2.23 bits per heavy atom. The molecule has 1 amide bonds. The van der Waals surface area contributed by atoms with Crippen molar-refractivity contribution in [2.24, 2.45) is 5.73 Å². The van der Waals surface area contributed by atoms with Crippen molar-refractivity contribution in [2.45, 2.75) is 25.9 Å². The lowest BCUT2D eigenvalue weighted by molar-refractivity contribution is -0.122. The van der Waals surface area contributed by atoms with Gasteiger partial charge in [-0.25, -0.2) is 0 Å². The van der Waals surface area contributed by atoms with Crippen molar-refractivity contribution in [3.63, 3.8) is 0 Å². The molecular weight excluding hydrogens is 276 g/mol. The number of hydrogen-bond acceptors (Lipinski definition) is 3. The van der Waals surface area contributed by atoms with Crippen molar-refractivity contribution >= 4 is 5.91 Å². The van der Waals surface area contributed by atoms with Crippen LogP contribution in [0, 0.1) is 0 Å². The molecule has 1 unspecified atom stereocenters. The van der Waals surface area contributed by atoms with E-state index in [1.165, 1.54) is 0 Å². The Morgan fingerprint density at radius 1 is 1.09 bits per heavy atom. The first-order chi connectivity index (χ1) is 10.6. The molecule has 0 aromatic heterocycles. The van der Waals surface area contributed by atoms with Crippen molar-refractivity contribution in [3.05, 3.63) is 65.7 Å². The molecule has 4 heteroatoms. The molecular formula is C18H22N2O2. The number of nitrogens with two attached hydrogens (primary N) is 1. The number of rotatable bonds is 6. The Hall–Kier alpha value is -2.33. The molecule has 0 radical (unpaired) electrons. The van der Waals surface area contributed by atoms with E-state index >= 15 is 0 Å². The third kappa shape index (κ3) is 4.09. The summed E-state index contributed by atoms with van der Waals surface area (Å²) in [6.45, 7) is 4.25. The van der Waals surface area contributed by atoms with E-state index in [1.54, 1.807) is 6.92 Å². The molecule has 0 spiro atoms. The summed E-state index contributed by atoms with van der Waals surface area (Å²) in [6, 6.07) is 16.8. The number of nitrogens with one attached hydrogen (secondary N) is 1. The van der Waals surface area contributed by atoms with Gasteiger partial charge in [-0.1, -0.05) is 42.5 Å². The van der Waals surface area contributed by atoms with Gasteiger partial charge < -0.3 is 15.8 Å². The quantitative estimate of drug-likeness (QED) is 0.861. The molecule has 0 saturated heterocycles. The highest BCUT2D eigenvalue weighted by molar-refractivity contribution is 5.81. The van der Waals surface area contributed by atoms with E-state index in [-0.39, 0.29) is 11.9 Å². The Labute approximate surface area is 131 Å². The van der Waals surface area contributed by atoms with Crippen LogP contribution in [0.5, 0.6) is 5.75 Å². The van der Waals surface area contributed by atoms with Crippen LogP contribution in [0.4, 0.5) is 0 Å². The highest BCUT2D eigenvalue weighted by Gasteiger charge is 2.18. The Balaban J connectivity index is 2.29. The molecule has 116 valence electrons. The van der Waals surface area contributed by atoms with Crippen molar-refractivity contribution in [3.8, 4) is 5.75 Å². The predicted molar refractivity (Wildman–Crippen MR) is 87.7 cm³/mol. The van der Waals surface area contributed by atoms with Gasteiger partial charge in [-0.3, -0.25) is 4.79 Å². The molecule has 22 heavy (non-hydrogen) atoms. The fraction of sp³-hybridized carbons (Fsp3) is 0.278. The monoisotopic (exact) mass is 298 g/mol. The molecule has 0 aliphatic heterocycles. The molecule has 2 atom stereocenters. The Bertz CT molecular complexity index is 594. The topological polar surface area (TPSA) is 64.3 Å². The minimum absolute atomic E-state index is 0.178. The third-order valence-corrected chi connectivity index (χ3v) is 3.36. The molecule has 2 aromatic rings. The maximum absolute atomic E-state index is 12.0. The molecule has 3 N–H and O–H groups in total. The molecule has 2 aromatic carbocycles. The van der Waals surface area contributed by atoms with Gasteiger partial charge in [-0.2, -0.15) is 0 Å². The summed E-state index contributed by atoms with van der Waals surface area (Å²) >= 11 is 0. The number of hydrogen-bond donors (Lipinski definition) is 2. The smallest absolute Gasteiger partial charge is 0.237 e. The SMILES string of the molecule is CCOc1ccc(C(NC(=O)[C@@H](C)N)c2ccccc2)cc1. The molecule has 0 aliphatic rings. The molecule has 0 bridgehead atoms. The van der Waals surface area contributed by atoms with Gasteiger partial charge in [0, 0.05) is 0 Å². The van der Waals surface area contributed by atoms with E-state index < -0.39 is 6.04 Å². The van der Waals surface area contributed by atoms with Crippen LogP contribution in [-0.4, -0.2) is 18.6 Å². The van der Waals surface area contributed by atoms with Crippen LogP contribution in [0.2, 0.25) is 0 Å². The summed E-state index contributed by atoms with van der Waals surface area (Å²) in [5.74, 6) is 0.638. The van der Waals surface area contributed by atoms with Gasteiger partial charge in [0.2, 0.25) is 5.91 Å². The molecule has 4 nitrogen and oxygen atoms in total. The number of carbonyl (C=O) groups is 1. The van der Waals surface area contributed by atoms with Crippen LogP contribution in [0.25, 0.3) is 0 Å². The first-order valence-corrected chi connectivity index (χ1v) is 7.45. The Morgan fingerprint density at radius 2 is 1.68 bits per heavy atom. The van der Waals surface area contributed by atoms with Gasteiger partial charge in [-0.15, -0.1) is 0 Å². The van der Waals surface area contributed by atoms with Crippen molar-refractivity contribution in [1.29, 1.82) is 0 Å². The normalized spacial score (nSPS) is 13.2. The maximum Gasteiger partial charge on any atom is 0.237 e. The second-order valence-corrected chi connectivity index (χ2v) is 5.14. The molecule has 0 saturated carbocycles. The fourth-order valence-electron chi connectivity index (χ4n) is 2.20. The van der Waals surface area contributed by atoms with Crippen LogP contribution >= 0.6 is 0 Å². The van der Waals surface area contributed by atoms with Gasteiger partial charge in [0.05, 0.1) is 18.7 Å². The van der Waals surface area contributed by atoms with Gasteiger partial charge >= 0.3 is 0 Å². The largest absolute Gasteiger partial charge is 0.494 e. The van der Waals surface area contributed by atoms with Crippen LogP contribution in [0.1, 0.15) is 31.0 Å². The second-order valence-electron chi connectivity index (χ2n) is 5.14. The van der Waals surface area contributed by atoms with E-state index in [1.807, 2.05) is 61.5 Å². The molecule has 2 rings (SSSR count). The third-order valence-electron chi connectivity index (χ3n) is 3.36. The summed E-state index contributed by atoms with van der Waals surface area (Å²) < 4.78 is 5.46. The summed E-state index contributed by atoms with van der Waals surface area (Å²) in [6.07, 6.45) is 0. The number of carbonyl (C=O) groups excluding carboxylic acids is 1. The second kappa shape index (κ2) is 7.61. The van der Waals surface area contributed by atoms with Crippen LogP contribution in [0.3, 0.4) is 0 Å². The minimum Gasteiger partial charge on any atom is -0.494 e. The van der Waals surface area contributed by atoms with E-state index in [0.717, 1.165) is 16.9 Å². The fourth-order valence-corrected chi connectivity index (χ4v) is 2.20. The van der Waals surface area contributed by atoms with E-state index in [0.29, 0.717) is 6.61 Å². The molecule has 0 fully saturated rings. The van der Waals surface area contributed by atoms with Gasteiger partial charge in [-0.05, 0) is 37.1 Å². The van der Waals surface area contributed by atoms with Crippen molar-refractivity contribution in [2.75, 3.05) is 6.61 Å². The van der Waals surface area contributed by atoms with E-state index in [4.69, 9.17) is 10.5 Å². The highest BCUT2D eigenvalue weighted by atomic mass is 16.5. The summed E-state index contributed by atoms with van der Waals surface area (Å²) in [4.78, 5) is 12.0. The van der Waals surface area contributed by atoms with Crippen LogP contribution < -0.4 is 15.8 Å². The van der Waals surface area contributed by atoms with Gasteiger partial charge in [0.15, 0.2) is 0 Å². The van der Waals surface area contributed by atoms with Crippen LogP contribution in [-0.2, 0) is 4.79 Å². The highest BCUT2D eigenvalue weighted by Crippen LogP contribution is 2.24. The zero-order valence-corrected chi connectivity index (χ0v) is 13.0. The number of amides is 1. The van der Waals surface area contributed by atoms with E-state index in [2.05, 4.69) is 5.32 Å². The van der Waals surface area contributed by atoms with Crippen molar-refractivity contribution in [1.82, 2.24) is 5.32 Å². The van der Waals surface area contributed by atoms with Crippen molar-refractivity contribution < 1.29 is 9.53 Å². The summed E-state index contributed by atoms with van der Waals surface area (Å²) in [5.41, 5.74) is 7.68. The summed E-state index contributed by atoms with van der Waals surface area (Å²) in [5, 5.41) is 3.00. The standard InChI is InChI=1S/C18H22N2O2/c1-3-22-16-11-9-15(10-12-16)17(20-18(21)13(2)19)14-7-5-4-6-8-14/h4-13,17H,3,19H2,1-2H3,(H,20,21)/t13-,17?/m1/s1. The lowest BCUT2D eigenvalue weighted by atomic mass is 9.98. The average molecular weight is 298 g/mol. The predicted octanol–water partition coefficient (Wildman–Crippen LogP) is 2.64.